The average Bonchev–Trinajstić information content (AvgIpc) is 3.45. The molecule has 4 rings (SSSR count). The van der Waals surface area contributed by atoms with E-state index in [2.05, 4.69) is 32.5 Å². The van der Waals surface area contributed by atoms with Crippen LogP contribution in [-0.2, 0) is 11.2 Å². The highest BCUT2D eigenvalue weighted by Gasteiger charge is 2.33. The van der Waals surface area contributed by atoms with Crippen LogP contribution in [0.3, 0.4) is 0 Å². The van der Waals surface area contributed by atoms with E-state index in [0.717, 1.165) is 44.3 Å². The average molecular weight is 354 g/mol. The van der Waals surface area contributed by atoms with Gasteiger partial charge in [-0.05, 0) is 31.2 Å². The first kappa shape index (κ1) is 17.1. The second-order valence-electron chi connectivity index (χ2n) is 7.35. The Morgan fingerprint density at radius 2 is 1.85 bits per heavy atom. The molecule has 1 N–H and O–H groups in total. The van der Waals surface area contributed by atoms with Crippen LogP contribution in [0.15, 0.2) is 34.7 Å². The van der Waals surface area contributed by atoms with Gasteiger partial charge in [0, 0.05) is 25.4 Å². The highest BCUT2D eigenvalue weighted by atomic mass is 16.4. The highest BCUT2D eigenvalue weighted by Crippen LogP contribution is 2.30. The van der Waals surface area contributed by atoms with Crippen LogP contribution in [0.4, 0.5) is 6.01 Å². The second kappa shape index (κ2) is 7.89. The third-order valence-electron chi connectivity index (χ3n) is 5.15. The molecule has 1 saturated carbocycles. The molecule has 1 amide bonds. The van der Waals surface area contributed by atoms with Crippen molar-refractivity contribution in [2.45, 2.75) is 51.0 Å². The van der Waals surface area contributed by atoms with Gasteiger partial charge in [0.2, 0.25) is 11.8 Å². The van der Waals surface area contributed by atoms with Crippen LogP contribution in [0, 0.1) is 5.92 Å². The van der Waals surface area contributed by atoms with E-state index in [1.165, 1.54) is 12.8 Å². The van der Waals surface area contributed by atoms with Gasteiger partial charge in [-0.3, -0.25) is 4.79 Å². The Bertz CT molecular complexity index is 718. The fourth-order valence-electron chi connectivity index (χ4n) is 3.44. The molecule has 1 aliphatic carbocycles. The predicted octanol–water partition coefficient (Wildman–Crippen LogP) is 3.26. The van der Waals surface area contributed by atoms with Gasteiger partial charge >= 0.3 is 6.01 Å². The highest BCUT2D eigenvalue weighted by molar-refractivity contribution is 5.81. The molecule has 1 atom stereocenters. The van der Waals surface area contributed by atoms with E-state index < -0.39 is 0 Å². The Morgan fingerprint density at radius 1 is 1.12 bits per heavy atom. The van der Waals surface area contributed by atoms with Crippen LogP contribution in [0.1, 0.15) is 56.0 Å². The van der Waals surface area contributed by atoms with Gasteiger partial charge in [0.1, 0.15) is 6.04 Å². The Balaban J connectivity index is 1.51. The van der Waals surface area contributed by atoms with Crippen LogP contribution >= 0.6 is 0 Å². The van der Waals surface area contributed by atoms with Crippen LogP contribution in [0.5, 0.6) is 0 Å². The number of hydrogen-bond acceptors (Lipinski definition) is 5. The number of carbonyl (C=O) groups excluding carboxylic acids is 1. The summed E-state index contributed by atoms with van der Waals surface area (Å²) >= 11 is 0. The lowest BCUT2D eigenvalue weighted by Gasteiger charge is -2.18. The molecule has 2 aliphatic rings. The van der Waals surface area contributed by atoms with Crippen LogP contribution in [0.2, 0.25) is 0 Å². The number of anilines is 1. The van der Waals surface area contributed by atoms with Crippen LogP contribution < -0.4 is 10.2 Å². The van der Waals surface area contributed by atoms with Gasteiger partial charge in [-0.1, -0.05) is 48.3 Å². The first-order valence-electron chi connectivity index (χ1n) is 9.72. The summed E-state index contributed by atoms with van der Waals surface area (Å²) in [6.45, 7) is 1.92. The van der Waals surface area contributed by atoms with Gasteiger partial charge in [0.25, 0.3) is 0 Å². The Labute approximate surface area is 154 Å². The summed E-state index contributed by atoms with van der Waals surface area (Å²) in [5.41, 5.74) is 1.14. The maximum atomic E-state index is 12.3. The third kappa shape index (κ3) is 4.23. The summed E-state index contributed by atoms with van der Waals surface area (Å²) in [6, 6.07) is 10.4. The predicted molar refractivity (Wildman–Crippen MR) is 98.7 cm³/mol. The van der Waals surface area contributed by atoms with Crippen molar-refractivity contribution >= 4 is 11.9 Å². The maximum Gasteiger partial charge on any atom is 0.318 e. The van der Waals surface area contributed by atoms with E-state index >= 15 is 0 Å². The zero-order valence-corrected chi connectivity index (χ0v) is 15.1. The number of aromatic nitrogens is 2. The number of nitrogens with one attached hydrogen (secondary N) is 1. The van der Waals surface area contributed by atoms with Gasteiger partial charge < -0.3 is 14.6 Å². The molecule has 138 valence electrons. The molecule has 0 radical (unpaired) electrons. The number of hydrogen-bond donors (Lipinski definition) is 1. The van der Waals surface area contributed by atoms with Crippen molar-refractivity contribution in [3.63, 3.8) is 0 Å². The molecule has 26 heavy (non-hydrogen) atoms. The number of carbonyl (C=O) groups is 1. The molecule has 1 saturated heterocycles. The summed E-state index contributed by atoms with van der Waals surface area (Å²) in [7, 11) is 0. The molecule has 1 unspecified atom stereocenters. The summed E-state index contributed by atoms with van der Waals surface area (Å²) in [6.07, 6.45) is 7.44. The summed E-state index contributed by atoms with van der Waals surface area (Å²) in [5.74, 6) is 0.754. The van der Waals surface area contributed by atoms with Crippen molar-refractivity contribution in [1.29, 1.82) is 0 Å². The van der Waals surface area contributed by atoms with E-state index in [0.29, 0.717) is 18.3 Å². The Hall–Kier alpha value is -2.37. The lowest BCUT2D eigenvalue weighted by Crippen LogP contribution is -2.31. The fraction of sp³-hybridized carbons (Fsp3) is 0.550. The lowest BCUT2D eigenvalue weighted by atomic mass is 10.1. The van der Waals surface area contributed by atoms with E-state index in [9.17, 15) is 4.79 Å². The molecule has 0 spiro atoms. The zero-order chi connectivity index (χ0) is 17.8. The molecule has 2 heterocycles. The molecule has 2 aromatic rings. The standard InChI is InChI=1S/C20H26N4O2/c25-18(16-10-11-16)21-17(14-15-8-4-3-5-9-15)19-22-23-20(26-19)24-12-6-1-2-7-13-24/h3-5,8-9,16-17H,1-2,6-7,10-14H2,(H,21,25). The van der Waals surface area contributed by atoms with E-state index in [1.54, 1.807) is 0 Å². The quantitative estimate of drug-likeness (QED) is 0.862. The summed E-state index contributed by atoms with van der Waals surface area (Å²) in [5, 5.41) is 11.7. The number of amides is 1. The molecule has 6 nitrogen and oxygen atoms in total. The first-order chi connectivity index (χ1) is 12.8. The van der Waals surface area contributed by atoms with E-state index in [4.69, 9.17) is 4.42 Å². The SMILES string of the molecule is O=C(NC(Cc1ccccc1)c1nnc(N2CCCCCC2)o1)C1CC1. The van der Waals surface area contributed by atoms with Gasteiger partial charge in [-0.2, -0.15) is 0 Å². The third-order valence-corrected chi connectivity index (χ3v) is 5.15. The largest absolute Gasteiger partial charge is 0.406 e. The molecular weight excluding hydrogens is 328 g/mol. The van der Waals surface area contributed by atoms with Crippen LogP contribution in [0.25, 0.3) is 0 Å². The van der Waals surface area contributed by atoms with Crippen molar-refractivity contribution in [2.24, 2.45) is 5.92 Å². The molecule has 1 aromatic heterocycles. The normalized spacial score (nSPS) is 19.0. The first-order valence-corrected chi connectivity index (χ1v) is 9.72. The lowest BCUT2D eigenvalue weighted by molar-refractivity contribution is -0.123. The van der Waals surface area contributed by atoms with Crippen molar-refractivity contribution in [1.82, 2.24) is 15.5 Å². The minimum Gasteiger partial charge on any atom is -0.406 e. The number of nitrogens with zero attached hydrogens (tertiary/aromatic N) is 3. The molecule has 1 aromatic carbocycles. The zero-order valence-electron chi connectivity index (χ0n) is 15.1. The number of benzene rings is 1. The minimum absolute atomic E-state index is 0.0976. The van der Waals surface area contributed by atoms with Gasteiger partial charge in [-0.25, -0.2) is 0 Å². The second-order valence-corrected chi connectivity index (χ2v) is 7.35. The van der Waals surface area contributed by atoms with Gasteiger partial charge in [0.05, 0.1) is 0 Å². The smallest absolute Gasteiger partial charge is 0.318 e. The van der Waals surface area contributed by atoms with Gasteiger partial charge in [0.15, 0.2) is 0 Å². The summed E-state index contributed by atoms with van der Waals surface area (Å²) in [4.78, 5) is 14.5. The Kier molecular flexibility index (Phi) is 5.18. The minimum atomic E-state index is -0.279. The van der Waals surface area contributed by atoms with Crippen molar-refractivity contribution < 1.29 is 9.21 Å². The molecule has 1 aliphatic heterocycles. The van der Waals surface area contributed by atoms with Crippen molar-refractivity contribution in [3.05, 3.63) is 41.8 Å². The Morgan fingerprint density at radius 3 is 2.54 bits per heavy atom. The molecule has 2 fully saturated rings. The van der Waals surface area contributed by atoms with Crippen LogP contribution in [-0.4, -0.2) is 29.2 Å². The van der Waals surface area contributed by atoms with Gasteiger partial charge in [-0.15, -0.1) is 5.10 Å². The molecule has 0 bridgehead atoms. The maximum absolute atomic E-state index is 12.3. The van der Waals surface area contributed by atoms with Crippen molar-refractivity contribution in [3.8, 4) is 0 Å². The molecule has 6 heteroatoms. The van der Waals surface area contributed by atoms with E-state index in [-0.39, 0.29) is 17.9 Å². The monoisotopic (exact) mass is 354 g/mol. The summed E-state index contributed by atoms with van der Waals surface area (Å²) < 4.78 is 6.00. The van der Waals surface area contributed by atoms with Crippen molar-refractivity contribution in [2.75, 3.05) is 18.0 Å². The fourth-order valence-corrected chi connectivity index (χ4v) is 3.44. The number of rotatable bonds is 6. The molecular formula is C20H26N4O2. The topological polar surface area (TPSA) is 71.3 Å². The van der Waals surface area contributed by atoms with E-state index in [1.807, 2.05) is 18.2 Å².